The number of carbonyl (C=O) groups excluding carboxylic acids is 1. The van der Waals surface area contributed by atoms with E-state index in [0.29, 0.717) is 18.9 Å². The predicted molar refractivity (Wildman–Crippen MR) is 61.7 cm³/mol. The smallest absolute Gasteiger partial charge is 0.294 e. The Morgan fingerprint density at radius 1 is 1.41 bits per heavy atom. The van der Waals surface area contributed by atoms with Crippen molar-refractivity contribution in [1.82, 2.24) is 0 Å². The molecule has 5 nitrogen and oxygen atoms in total. The zero-order valence-electron chi connectivity index (χ0n) is 8.77. The zero-order chi connectivity index (χ0) is 12.3. The van der Waals surface area contributed by atoms with E-state index in [1.54, 1.807) is 0 Å². The van der Waals surface area contributed by atoms with Gasteiger partial charge in [-0.3, -0.25) is 4.79 Å². The van der Waals surface area contributed by atoms with E-state index in [9.17, 15) is 9.90 Å². The van der Waals surface area contributed by atoms with Crippen LogP contribution < -0.4 is 5.32 Å². The first-order valence-corrected chi connectivity index (χ1v) is 5.29. The molecule has 6 heteroatoms. The van der Waals surface area contributed by atoms with Crippen LogP contribution in [0.3, 0.4) is 0 Å². The molecular formula is C11H10ClNO4. The van der Waals surface area contributed by atoms with Crippen LogP contribution in [0.4, 0.5) is 5.69 Å². The van der Waals surface area contributed by atoms with Crippen LogP contribution in [0.2, 0.25) is 5.02 Å². The summed E-state index contributed by atoms with van der Waals surface area (Å²) in [6.07, 6.45) is 1.26. The van der Waals surface area contributed by atoms with E-state index in [4.69, 9.17) is 21.1 Å². The van der Waals surface area contributed by atoms with Gasteiger partial charge in [0.2, 0.25) is 5.76 Å². The minimum Gasteiger partial charge on any atom is -0.506 e. The van der Waals surface area contributed by atoms with Gasteiger partial charge in [0, 0.05) is 5.69 Å². The highest BCUT2D eigenvalue weighted by molar-refractivity contribution is 6.32. The van der Waals surface area contributed by atoms with Crippen LogP contribution in [0, 0.1) is 0 Å². The molecule has 0 fully saturated rings. The summed E-state index contributed by atoms with van der Waals surface area (Å²) in [5.74, 6) is -0.354. The van der Waals surface area contributed by atoms with Gasteiger partial charge in [-0.15, -0.1) is 0 Å². The Morgan fingerprint density at radius 2 is 2.24 bits per heavy atom. The summed E-state index contributed by atoms with van der Waals surface area (Å²) in [5, 5.41) is 12.0. The van der Waals surface area contributed by atoms with Crippen LogP contribution >= 0.6 is 11.6 Å². The molecule has 0 spiro atoms. The lowest BCUT2D eigenvalue weighted by atomic mass is 10.3. The second-order valence-electron chi connectivity index (χ2n) is 3.32. The molecule has 0 saturated carbocycles. The highest BCUT2D eigenvalue weighted by Crippen LogP contribution is 2.26. The summed E-state index contributed by atoms with van der Waals surface area (Å²) in [5.41, 5.74) is 0.466. The van der Waals surface area contributed by atoms with Crippen LogP contribution in [-0.4, -0.2) is 24.2 Å². The average molecular weight is 256 g/mol. The van der Waals surface area contributed by atoms with Crippen LogP contribution in [0.15, 0.2) is 30.2 Å². The van der Waals surface area contributed by atoms with E-state index in [1.165, 1.54) is 24.5 Å². The topological polar surface area (TPSA) is 67.8 Å². The van der Waals surface area contributed by atoms with Crippen LogP contribution in [0.1, 0.15) is 0 Å². The van der Waals surface area contributed by atoms with Crippen molar-refractivity contribution in [1.29, 1.82) is 0 Å². The van der Waals surface area contributed by atoms with E-state index in [-0.39, 0.29) is 16.5 Å². The average Bonchev–Trinajstić information content (AvgIpc) is 2.35. The molecule has 1 aromatic rings. The van der Waals surface area contributed by atoms with Gasteiger partial charge in [-0.25, -0.2) is 0 Å². The highest BCUT2D eigenvalue weighted by Gasteiger charge is 2.15. The number of hydrogen-bond donors (Lipinski definition) is 2. The molecule has 17 heavy (non-hydrogen) atoms. The first-order chi connectivity index (χ1) is 8.16. The van der Waals surface area contributed by atoms with Crippen LogP contribution in [0.5, 0.6) is 5.75 Å². The molecular weight excluding hydrogens is 246 g/mol. The first kappa shape index (κ1) is 11.6. The van der Waals surface area contributed by atoms with Crippen LogP contribution in [0.25, 0.3) is 0 Å². The maximum atomic E-state index is 11.7. The van der Waals surface area contributed by atoms with Crippen molar-refractivity contribution in [3.8, 4) is 5.75 Å². The number of benzene rings is 1. The largest absolute Gasteiger partial charge is 0.506 e. The molecule has 0 bridgehead atoms. The molecule has 90 valence electrons. The predicted octanol–water partition coefficient (Wildman–Crippen LogP) is 1.87. The van der Waals surface area contributed by atoms with E-state index < -0.39 is 5.91 Å². The molecule has 1 aliphatic heterocycles. The lowest BCUT2D eigenvalue weighted by Gasteiger charge is -2.15. The lowest BCUT2D eigenvalue weighted by Crippen LogP contribution is -2.21. The van der Waals surface area contributed by atoms with Gasteiger partial charge >= 0.3 is 0 Å². The number of hydrogen-bond acceptors (Lipinski definition) is 4. The molecule has 1 aromatic carbocycles. The van der Waals surface area contributed by atoms with E-state index in [2.05, 4.69) is 5.32 Å². The summed E-state index contributed by atoms with van der Waals surface area (Å²) < 4.78 is 10.1. The molecule has 1 amide bonds. The number of aromatic hydroxyl groups is 1. The van der Waals surface area contributed by atoms with Gasteiger partial charge in [0.1, 0.15) is 25.2 Å². The zero-order valence-corrected chi connectivity index (χ0v) is 9.53. The molecule has 0 atom stereocenters. The number of phenols is 1. The Bertz CT molecular complexity index is 473. The summed E-state index contributed by atoms with van der Waals surface area (Å²) >= 11 is 5.71. The second kappa shape index (κ2) is 4.97. The first-order valence-electron chi connectivity index (χ1n) is 4.91. The summed E-state index contributed by atoms with van der Waals surface area (Å²) in [7, 11) is 0. The molecule has 1 heterocycles. The van der Waals surface area contributed by atoms with Gasteiger partial charge in [-0.05, 0) is 18.2 Å². The lowest BCUT2D eigenvalue weighted by molar-refractivity contribution is -0.117. The molecule has 0 aliphatic carbocycles. The third kappa shape index (κ3) is 2.82. The number of amides is 1. The summed E-state index contributed by atoms with van der Waals surface area (Å²) in [4.78, 5) is 11.7. The SMILES string of the molecule is O=C(Nc1ccc(O)c(Cl)c1)C1=COCCO1. The third-order valence-electron chi connectivity index (χ3n) is 2.08. The molecule has 2 N–H and O–H groups in total. The number of phenolic OH excluding ortho intramolecular Hbond substituents is 1. The fourth-order valence-corrected chi connectivity index (χ4v) is 1.45. The Kier molecular flexibility index (Phi) is 3.39. The Labute approximate surface area is 103 Å². The van der Waals surface area contributed by atoms with Gasteiger partial charge in [-0.1, -0.05) is 11.6 Å². The van der Waals surface area contributed by atoms with Crippen molar-refractivity contribution < 1.29 is 19.4 Å². The minimum absolute atomic E-state index is 0.0406. The molecule has 0 radical (unpaired) electrons. The van der Waals surface area contributed by atoms with Crippen molar-refractivity contribution in [2.45, 2.75) is 0 Å². The highest BCUT2D eigenvalue weighted by atomic mass is 35.5. The van der Waals surface area contributed by atoms with Gasteiger partial charge in [0.25, 0.3) is 5.91 Å². The maximum Gasteiger partial charge on any atom is 0.294 e. The number of rotatable bonds is 2. The number of anilines is 1. The van der Waals surface area contributed by atoms with E-state index >= 15 is 0 Å². The van der Waals surface area contributed by atoms with Crippen molar-refractivity contribution >= 4 is 23.2 Å². The normalized spacial score (nSPS) is 14.3. The Hall–Kier alpha value is -1.88. The molecule has 2 rings (SSSR count). The summed E-state index contributed by atoms with van der Waals surface area (Å²) in [6, 6.07) is 4.37. The van der Waals surface area contributed by atoms with Crippen molar-refractivity contribution in [3.05, 3.63) is 35.2 Å². The van der Waals surface area contributed by atoms with E-state index in [1.807, 2.05) is 0 Å². The monoisotopic (exact) mass is 255 g/mol. The quantitative estimate of drug-likeness (QED) is 0.792. The fourth-order valence-electron chi connectivity index (χ4n) is 1.26. The van der Waals surface area contributed by atoms with Gasteiger partial charge in [0.05, 0.1) is 5.02 Å². The number of carbonyl (C=O) groups is 1. The number of ether oxygens (including phenoxy) is 2. The van der Waals surface area contributed by atoms with Gasteiger partial charge in [-0.2, -0.15) is 0 Å². The number of nitrogens with one attached hydrogen (secondary N) is 1. The minimum atomic E-state index is -0.425. The van der Waals surface area contributed by atoms with E-state index in [0.717, 1.165) is 0 Å². The number of halogens is 1. The van der Waals surface area contributed by atoms with Gasteiger partial charge in [0.15, 0.2) is 0 Å². The van der Waals surface area contributed by atoms with Crippen LogP contribution in [-0.2, 0) is 14.3 Å². The maximum absolute atomic E-state index is 11.7. The third-order valence-corrected chi connectivity index (χ3v) is 2.38. The standard InChI is InChI=1S/C11H10ClNO4/c12-8-5-7(1-2-9(8)14)13-11(15)10-6-16-3-4-17-10/h1-2,5-6,14H,3-4H2,(H,13,15). The molecule has 0 saturated heterocycles. The molecule has 0 aromatic heterocycles. The van der Waals surface area contributed by atoms with Crippen molar-refractivity contribution in [3.63, 3.8) is 0 Å². The molecule has 0 unspecified atom stereocenters. The van der Waals surface area contributed by atoms with Crippen molar-refractivity contribution in [2.24, 2.45) is 0 Å². The van der Waals surface area contributed by atoms with Gasteiger partial charge < -0.3 is 19.9 Å². The Morgan fingerprint density at radius 3 is 2.88 bits per heavy atom. The fraction of sp³-hybridized carbons (Fsp3) is 0.182. The molecule has 1 aliphatic rings. The second-order valence-corrected chi connectivity index (χ2v) is 3.73. The summed E-state index contributed by atoms with van der Waals surface area (Å²) in [6.45, 7) is 0.775. The Balaban J connectivity index is 2.07. The van der Waals surface area contributed by atoms with Crippen molar-refractivity contribution in [2.75, 3.05) is 18.5 Å².